The molecule has 0 atom stereocenters. The van der Waals surface area contributed by atoms with E-state index in [-0.39, 0.29) is 4.90 Å². The third-order valence-electron chi connectivity index (χ3n) is 2.68. The van der Waals surface area contributed by atoms with E-state index in [1.54, 1.807) is 32.2 Å². The van der Waals surface area contributed by atoms with Crippen LogP contribution in [0, 0.1) is 13.8 Å². The van der Waals surface area contributed by atoms with Gasteiger partial charge in [0.1, 0.15) is 4.90 Å². The molecule has 0 aliphatic carbocycles. The topological polar surface area (TPSA) is 64.0 Å². The Morgan fingerprint density at radius 2 is 2.00 bits per heavy atom. The molecule has 0 spiro atoms. The van der Waals surface area contributed by atoms with Gasteiger partial charge in [0.05, 0.1) is 11.4 Å². The Kier molecular flexibility index (Phi) is 3.56. The molecule has 7 heteroatoms. The Morgan fingerprint density at radius 3 is 2.53 bits per heavy atom. The fourth-order valence-corrected chi connectivity index (χ4v) is 3.16. The first-order valence-electron chi connectivity index (χ1n) is 5.59. The molecule has 0 unspecified atom stereocenters. The van der Waals surface area contributed by atoms with Crippen LogP contribution in [0.1, 0.15) is 11.3 Å². The van der Waals surface area contributed by atoms with Crippen molar-refractivity contribution in [2.45, 2.75) is 18.7 Å². The van der Waals surface area contributed by atoms with E-state index < -0.39 is 10.0 Å². The highest BCUT2D eigenvalue weighted by molar-refractivity contribution is 7.92. The molecule has 0 aliphatic rings. The zero-order chi connectivity index (χ0) is 14.2. The van der Waals surface area contributed by atoms with Crippen molar-refractivity contribution in [2.75, 3.05) is 4.72 Å². The van der Waals surface area contributed by atoms with E-state index in [0.717, 1.165) is 5.56 Å². The number of anilines is 1. The second kappa shape index (κ2) is 4.86. The highest BCUT2D eigenvalue weighted by atomic mass is 35.5. The maximum absolute atomic E-state index is 12.2. The zero-order valence-corrected chi connectivity index (χ0v) is 12.4. The second-order valence-electron chi connectivity index (χ2n) is 4.32. The van der Waals surface area contributed by atoms with Crippen LogP contribution in [0.3, 0.4) is 0 Å². The van der Waals surface area contributed by atoms with Crippen LogP contribution in [-0.4, -0.2) is 18.2 Å². The molecule has 1 N–H and O–H groups in total. The van der Waals surface area contributed by atoms with Crippen molar-refractivity contribution < 1.29 is 8.42 Å². The Bertz CT molecular complexity index is 723. The molecule has 0 amide bonds. The molecule has 0 aliphatic heterocycles. The Morgan fingerprint density at radius 1 is 1.32 bits per heavy atom. The number of halogens is 1. The van der Waals surface area contributed by atoms with E-state index in [1.165, 1.54) is 10.9 Å². The van der Waals surface area contributed by atoms with Crippen molar-refractivity contribution in [3.8, 4) is 0 Å². The first kappa shape index (κ1) is 13.9. The van der Waals surface area contributed by atoms with Crippen LogP contribution in [0.15, 0.2) is 29.3 Å². The van der Waals surface area contributed by atoms with Crippen molar-refractivity contribution in [3.63, 3.8) is 0 Å². The molecule has 5 nitrogen and oxygen atoms in total. The summed E-state index contributed by atoms with van der Waals surface area (Å²) in [5.41, 5.74) is 1.77. The number of hydrogen-bond donors (Lipinski definition) is 1. The van der Waals surface area contributed by atoms with Crippen molar-refractivity contribution in [2.24, 2.45) is 7.05 Å². The quantitative estimate of drug-likeness (QED) is 0.947. The van der Waals surface area contributed by atoms with Crippen molar-refractivity contribution in [1.29, 1.82) is 0 Å². The van der Waals surface area contributed by atoms with E-state index in [4.69, 9.17) is 11.6 Å². The summed E-state index contributed by atoms with van der Waals surface area (Å²) in [5, 5.41) is 4.54. The molecule has 0 bridgehead atoms. The molecule has 0 saturated carbocycles. The van der Waals surface area contributed by atoms with Crippen LogP contribution in [0.4, 0.5) is 5.69 Å². The number of aromatic nitrogens is 2. The lowest BCUT2D eigenvalue weighted by Gasteiger charge is -2.08. The third kappa shape index (κ3) is 2.90. The first-order chi connectivity index (χ1) is 8.79. The summed E-state index contributed by atoms with van der Waals surface area (Å²) in [6, 6.07) is 5.01. The highest BCUT2D eigenvalue weighted by Gasteiger charge is 2.20. The van der Waals surface area contributed by atoms with Gasteiger partial charge in [-0.3, -0.25) is 9.40 Å². The van der Waals surface area contributed by atoms with Crippen molar-refractivity contribution in [1.82, 2.24) is 9.78 Å². The lowest BCUT2D eigenvalue weighted by atomic mass is 10.2. The number of aryl methyl sites for hydroxylation is 3. The van der Waals surface area contributed by atoms with Gasteiger partial charge in [-0.15, -0.1) is 0 Å². The maximum atomic E-state index is 12.2. The van der Waals surface area contributed by atoms with Gasteiger partial charge in [-0.2, -0.15) is 5.10 Å². The van der Waals surface area contributed by atoms with E-state index in [1.807, 2.05) is 6.92 Å². The molecule has 0 fully saturated rings. The molecule has 1 aromatic carbocycles. The second-order valence-corrected chi connectivity index (χ2v) is 6.38. The van der Waals surface area contributed by atoms with Gasteiger partial charge in [0.15, 0.2) is 0 Å². The number of sulfonamides is 1. The number of nitrogens with zero attached hydrogens (tertiary/aromatic N) is 2. The molecule has 0 saturated heterocycles. The smallest absolute Gasteiger partial charge is 0.265 e. The lowest BCUT2D eigenvalue weighted by Crippen LogP contribution is -2.13. The number of rotatable bonds is 3. The normalized spacial score (nSPS) is 11.6. The molecule has 19 heavy (non-hydrogen) atoms. The van der Waals surface area contributed by atoms with Gasteiger partial charge in [0, 0.05) is 18.3 Å². The SMILES string of the molecule is Cc1ccc(NS(=O)(=O)c2cn(C)nc2C)cc1Cl. The van der Waals surface area contributed by atoms with Gasteiger partial charge < -0.3 is 0 Å². The summed E-state index contributed by atoms with van der Waals surface area (Å²) in [6.45, 7) is 3.50. The van der Waals surface area contributed by atoms with Crippen LogP contribution in [0.5, 0.6) is 0 Å². The zero-order valence-electron chi connectivity index (χ0n) is 10.8. The molecule has 1 heterocycles. The lowest BCUT2D eigenvalue weighted by molar-refractivity contribution is 0.600. The number of benzene rings is 1. The fourth-order valence-electron chi connectivity index (χ4n) is 1.71. The van der Waals surface area contributed by atoms with Gasteiger partial charge in [-0.25, -0.2) is 8.42 Å². The van der Waals surface area contributed by atoms with Gasteiger partial charge in [0.25, 0.3) is 10.0 Å². The van der Waals surface area contributed by atoms with Crippen LogP contribution < -0.4 is 4.72 Å². The van der Waals surface area contributed by atoms with Crippen LogP contribution in [0.2, 0.25) is 5.02 Å². The fraction of sp³-hybridized carbons (Fsp3) is 0.250. The average molecular weight is 300 g/mol. The summed E-state index contributed by atoms with van der Waals surface area (Å²) in [4.78, 5) is 0.159. The minimum Gasteiger partial charge on any atom is -0.279 e. The molecule has 0 radical (unpaired) electrons. The molecular weight excluding hydrogens is 286 g/mol. The van der Waals surface area contributed by atoms with Gasteiger partial charge in [-0.1, -0.05) is 17.7 Å². The summed E-state index contributed by atoms with van der Waals surface area (Å²) in [6.07, 6.45) is 1.47. The first-order valence-corrected chi connectivity index (χ1v) is 7.45. The average Bonchev–Trinajstić information content (AvgIpc) is 2.63. The Balaban J connectivity index is 2.36. The van der Waals surface area contributed by atoms with E-state index in [0.29, 0.717) is 16.4 Å². The molecular formula is C12H14ClN3O2S. The highest BCUT2D eigenvalue weighted by Crippen LogP contribution is 2.23. The molecule has 102 valence electrons. The summed E-state index contributed by atoms with van der Waals surface area (Å²) in [7, 11) is -1.97. The van der Waals surface area contributed by atoms with Gasteiger partial charge >= 0.3 is 0 Å². The summed E-state index contributed by atoms with van der Waals surface area (Å²) < 4.78 is 28.4. The number of hydrogen-bond acceptors (Lipinski definition) is 3. The Labute approximate surface area is 117 Å². The van der Waals surface area contributed by atoms with E-state index >= 15 is 0 Å². The minimum atomic E-state index is -3.64. The largest absolute Gasteiger partial charge is 0.279 e. The van der Waals surface area contributed by atoms with Gasteiger partial charge in [-0.05, 0) is 31.5 Å². The van der Waals surface area contributed by atoms with Gasteiger partial charge in [0.2, 0.25) is 0 Å². The maximum Gasteiger partial charge on any atom is 0.265 e. The van der Waals surface area contributed by atoms with Crippen LogP contribution >= 0.6 is 11.6 Å². The predicted octanol–water partition coefficient (Wildman–Crippen LogP) is 2.49. The third-order valence-corrected chi connectivity index (χ3v) is 4.57. The predicted molar refractivity (Wildman–Crippen MR) is 74.9 cm³/mol. The molecule has 1 aromatic heterocycles. The van der Waals surface area contributed by atoms with Crippen LogP contribution in [-0.2, 0) is 17.1 Å². The summed E-state index contributed by atoms with van der Waals surface area (Å²) >= 11 is 5.97. The monoisotopic (exact) mass is 299 g/mol. The standard InChI is InChI=1S/C12H14ClN3O2S/c1-8-4-5-10(6-11(8)13)15-19(17,18)12-7-16(3)14-9(12)2/h4-7,15H,1-3H3. The number of nitrogens with one attached hydrogen (secondary N) is 1. The van der Waals surface area contributed by atoms with Crippen LogP contribution in [0.25, 0.3) is 0 Å². The minimum absolute atomic E-state index is 0.159. The van der Waals surface area contributed by atoms with E-state index in [2.05, 4.69) is 9.82 Å². The molecule has 2 rings (SSSR count). The summed E-state index contributed by atoms with van der Waals surface area (Å²) in [5.74, 6) is 0. The Hall–Kier alpha value is -1.53. The van der Waals surface area contributed by atoms with Crippen molar-refractivity contribution >= 4 is 27.3 Å². The van der Waals surface area contributed by atoms with Crippen molar-refractivity contribution in [3.05, 3.63) is 40.7 Å². The molecule has 2 aromatic rings. The van der Waals surface area contributed by atoms with E-state index in [9.17, 15) is 8.42 Å².